The molecule has 0 aliphatic carbocycles. The molecule has 2 aromatic carbocycles. The predicted octanol–water partition coefficient (Wildman–Crippen LogP) is 4.98. The molecular formula is C15H15ClFNO. The fourth-order valence-corrected chi connectivity index (χ4v) is 1.85. The first-order valence-electron chi connectivity index (χ1n) is 5.99. The highest BCUT2D eigenvalue weighted by atomic mass is 35.5. The van der Waals surface area contributed by atoms with Crippen LogP contribution in [0.25, 0.3) is 0 Å². The van der Waals surface area contributed by atoms with E-state index < -0.39 is 5.82 Å². The minimum absolute atomic E-state index is 0.00999. The number of hydrogen-bond donors (Lipinski definition) is 1. The van der Waals surface area contributed by atoms with Crippen molar-refractivity contribution in [2.45, 2.75) is 19.8 Å². The predicted molar refractivity (Wildman–Crippen MR) is 76.4 cm³/mol. The number of rotatable bonds is 3. The topological polar surface area (TPSA) is 35.2 Å². The lowest BCUT2D eigenvalue weighted by atomic mass is 10.0. The van der Waals surface area contributed by atoms with Gasteiger partial charge >= 0.3 is 0 Å². The summed E-state index contributed by atoms with van der Waals surface area (Å²) < 4.78 is 18.9. The van der Waals surface area contributed by atoms with Gasteiger partial charge in [-0.2, -0.15) is 0 Å². The molecule has 2 N–H and O–H groups in total. The first kappa shape index (κ1) is 13.7. The van der Waals surface area contributed by atoms with Crippen LogP contribution in [0.2, 0.25) is 5.02 Å². The largest absolute Gasteiger partial charge is 0.455 e. The van der Waals surface area contributed by atoms with E-state index in [0.717, 1.165) is 11.6 Å². The Bertz CT molecular complexity index is 599. The minimum Gasteiger partial charge on any atom is -0.455 e. The van der Waals surface area contributed by atoms with Gasteiger partial charge in [-0.15, -0.1) is 0 Å². The van der Waals surface area contributed by atoms with Crippen LogP contribution in [0.3, 0.4) is 0 Å². The molecule has 19 heavy (non-hydrogen) atoms. The zero-order chi connectivity index (χ0) is 14.0. The summed E-state index contributed by atoms with van der Waals surface area (Å²) in [6.45, 7) is 4.20. The van der Waals surface area contributed by atoms with Crippen molar-refractivity contribution in [3.63, 3.8) is 0 Å². The minimum atomic E-state index is -0.553. The molecule has 100 valence electrons. The summed E-state index contributed by atoms with van der Waals surface area (Å²) in [4.78, 5) is 0. The van der Waals surface area contributed by atoms with Gasteiger partial charge in [0.25, 0.3) is 0 Å². The van der Waals surface area contributed by atoms with Gasteiger partial charge in [-0.3, -0.25) is 0 Å². The summed E-state index contributed by atoms with van der Waals surface area (Å²) in [5, 5.41) is -0.00999. The molecule has 0 bridgehead atoms. The van der Waals surface area contributed by atoms with Crippen LogP contribution in [-0.4, -0.2) is 0 Å². The summed E-state index contributed by atoms with van der Waals surface area (Å²) in [6.07, 6.45) is 0. The van der Waals surface area contributed by atoms with Crippen LogP contribution >= 0.6 is 11.6 Å². The Hall–Kier alpha value is -1.74. The molecule has 0 saturated heterocycles. The first-order valence-corrected chi connectivity index (χ1v) is 6.37. The lowest BCUT2D eigenvalue weighted by Gasteiger charge is -2.11. The summed E-state index contributed by atoms with van der Waals surface area (Å²) in [6, 6.07) is 10.2. The molecule has 0 aliphatic rings. The van der Waals surface area contributed by atoms with Crippen LogP contribution in [0, 0.1) is 5.82 Å². The maximum Gasteiger partial charge on any atom is 0.151 e. The van der Waals surface area contributed by atoms with E-state index in [1.54, 1.807) is 0 Å². The van der Waals surface area contributed by atoms with E-state index in [-0.39, 0.29) is 10.7 Å². The average molecular weight is 280 g/mol. The number of nitrogen functional groups attached to an aromatic ring is 1. The Morgan fingerprint density at radius 2 is 1.95 bits per heavy atom. The summed E-state index contributed by atoms with van der Waals surface area (Å²) in [5.74, 6) is 0.855. The van der Waals surface area contributed by atoms with Crippen molar-refractivity contribution in [1.29, 1.82) is 0 Å². The molecule has 0 spiro atoms. The molecule has 0 saturated carbocycles. The highest BCUT2D eigenvalue weighted by molar-refractivity contribution is 6.31. The zero-order valence-corrected chi connectivity index (χ0v) is 11.5. The van der Waals surface area contributed by atoms with Gasteiger partial charge in [0.05, 0.1) is 10.7 Å². The fourth-order valence-electron chi connectivity index (χ4n) is 1.70. The Morgan fingerprint density at radius 3 is 2.63 bits per heavy atom. The average Bonchev–Trinajstić information content (AvgIpc) is 2.36. The van der Waals surface area contributed by atoms with Crippen LogP contribution in [0.1, 0.15) is 25.3 Å². The second kappa shape index (κ2) is 5.49. The summed E-state index contributed by atoms with van der Waals surface area (Å²) in [7, 11) is 0. The zero-order valence-electron chi connectivity index (χ0n) is 10.8. The number of halogens is 2. The molecule has 0 unspecified atom stereocenters. The Kier molecular flexibility index (Phi) is 3.96. The van der Waals surface area contributed by atoms with Crippen LogP contribution in [0.4, 0.5) is 10.1 Å². The van der Waals surface area contributed by atoms with Gasteiger partial charge in [-0.05, 0) is 23.6 Å². The molecule has 0 atom stereocenters. The number of benzene rings is 2. The second-order valence-corrected chi connectivity index (χ2v) is 5.04. The van der Waals surface area contributed by atoms with Gasteiger partial charge in [-0.25, -0.2) is 4.39 Å². The Balaban J connectivity index is 2.31. The standard InChI is InChI=1S/C15H15ClFNO/c1-9(2)10-4-3-5-11(6-10)19-15-7-12(16)13(17)8-14(15)18/h3-9H,18H2,1-2H3. The van der Waals surface area contributed by atoms with Gasteiger partial charge < -0.3 is 10.5 Å². The molecule has 2 rings (SSSR count). The van der Waals surface area contributed by atoms with E-state index in [1.807, 2.05) is 24.3 Å². The third-order valence-electron chi connectivity index (χ3n) is 2.81. The van der Waals surface area contributed by atoms with Crippen molar-refractivity contribution in [1.82, 2.24) is 0 Å². The van der Waals surface area contributed by atoms with Crippen molar-refractivity contribution in [2.24, 2.45) is 0 Å². The van der Waals surface area contributed by atoms with Gasteiger partial charge in [0.1, 0.15) is 11.6 Å². The highest BCUT2D eigenvalue weighted by Crippen LogP contribution is 2.32. The Labute approximate surface area is 117 Å². The van der Waals surface area contributed by atoms with E-state index in [9.17, 15) is 4.39 Å². The maximum absolute atomic E-state index is 13.2. The molecule has 0 radical (unpaired) electrons. The van der Waals surface area contributed by atoms with Crippen molar-refractivity contribution in [3.8, 4) is 11.5 Å². The summed E-state index contributed by atoms with van der Waals surface area (Å²) in [5.41, 5.74) is 7.09. The molecule has 0 fully saturated rings. The van der Waals surface area contributed by atoms with Gasteiger partial charge in [-0.1, -0.05) is 37.6 Å². The van der Waals surface area contributed by atoms with Crippen LogP contribution in [-0.2, 0) is 0 Å². The van der Waals surface area contributed by atoms with Crippen LogP contribution in [0.15, 0.2) is 36.4 Å². The molecule has 2 aromatic rings. The normalized spacial score (nSPS) is 10.8. The van der Waals surface area contributed by atoms with Gasteiger partial charge in [0, 0.05) is 12.1 Å². The molecule has 0 amide bonds. The van der Waals surface area contributed by atoms with E-state index in [0.29, 0.717) is 17.4 Å². The molecular weight excluding hydrogens is 265 g/mol. The van der Waals surface area contributed by atoms with E-state index in [4.69, 9.17) is 22.1 Å². The molecule has 0 heterocycles. The third-order valence-corrected chi connectivity index (χ3v) is 3.09. The number of ether oxygens (including phenoxy) is 1. The molecule has 2 nitrogen and oxygen atoms in total. The fraction of sp³-hybridized carbons (Fsp3) is 0.200. The van der Waals surface area contributed by atoms with Crippen molar-refractivity contribution in [2.75, 3.05) is 5.73 Å². The number of hydrogen-bond acceptors (Lipinski definition) is 2. The number of anilines is 1. The third kappa shape index (κ3) is 3.18. The molecule has 4 heteroatoms. The quantitative estimate of drug-likeness (QED) is 0.805. The highest BCUT2D eigenvalue weighted by Gasteiger charge is 2.09. The van der Waals surface area contributed by atoms with Crippen LogP contribution in [0.5, 0.6) is 11.5 Å². The first-order chi connectivity index (χ1) is 8.97. The van der Waals surface area contributed by atoms with Gasteiger partial charge in [0.15, 0.2) is 5.75 Å². The van der Waals surface area contributed by atoms with Crippen LogP contribution < -0.4 is 10.5 Å². The second-order valence-electron chi connectivity index (χ2n) is 4.63. The summed E-state index contributed by atoms with van der Waals surface area (Å²) >= 11 is 5.72. The lowest BCUT2D eigenvalue weighted by molar-refractivity contribution is 0.482. The van der Waals surface area contributed by atoms with E-state index in [2.05, 4.69) is 13.8 Å². The Morgan fingerprint density at radius 1 is 1.21 bits per heavy atom. The lowest BCUT2D eigenvalue weighted by Crippen LogP contribution is -1.95. The van der Waals surface area contributed by atoms with Crippen molar-refractivity contribution < 1.29 is 9.13 Å². The van der Waals surface area contributed by atoms with E-state index in [1.165, 1.54) is 6.07 Å². The maximum atomic E-state index is 13.2. The number of nitrogens with two attached hydrogens (primary N) is 1. The molecule has 0 aliphatic heterocycles. The van der Waals surface area contributed by atoms with Crippen molar-refractivity contribution in [3.05, 3.63) is 52.8 Å². The molecule has 0 aromatic heterocycles. The SMILES string of the molecule is CC(C)c1cccc(Oc2cc(Cl)c(F)cc2N)c1. The monoisotopic (exact) mass is 279 g/mol. The van der Waals surface area contributed by atoms with Crippen molar-refractivity contribution >= 4 is 17.3 Å². The van der Waals surface area contributed by atoms with Gasteiger partial charge in [0.2, 0.25) is 0 Å². The smallest absolute Gasteiger partial charge is 0.151 e. The van der Waals surface area contributed by atoms with E-state index >= 15 is 0 Å².